The fourth-order valence-electron chi connectivity index (χ4n) is 2.74. The largest absolute Gasteiger partial charge is 0.322 e. The molecule has 0 spiro atoms. The maximum atomic E-state index is 12.5. The van der Waals surface area contributed by atoms with E-state index in [0.717, 1.165) is 5.69 Å². The van der Waals surface area contributed by atoms with Gasteiger partial charge in [-0.25, -0.2) is 4.68 Å². The van der Waals surface area contributed by atoms with Crippen molar-refractivity contribution < 1.29 is 9.59 Å². The first-order valence-corrected chi connectivity index (χ1v) is 8.93. The minimum atomic E-state index is -0.338. The summed E-state index contributed by atoms with van der Waals surface area (Å²) in [6, 6.07) is 21.5. The van der Waals surface area contributed by atoms with E-state index in [-0.39, 0.29) is 11.8 Å². The van der Waals surface area contributed by atoms with Crippen molar-refractivity contribution in [1.29, 1.82) is 0 Å². The van der Waals surface area contributed by atoms with E-state index in [4.69, 9.17) is 0 Å². The average Bonchev–Trinajstić information content (AvgIpc) is 3.26. The van der Waals surface area contributed by atoms with Crippen molar-refractivity contribution >= 4 is 23.2 Å². The second-order valence-electron chi connectivity index (χ2n) is 6.21. The van der Waals surface area contributed by atoms with Crippen LogP contribution in [-0.2, 0) is 0 Å². The third-order valence-electron chi connectivity index (χ3n) is 4.14. The van der Waals surface area contributed by atoms with Crippen LogP contribution >= 0.6 is 0 Å². The van der Waals surface area contributed by atoms with Gasteiger partial charge < -0.3 is 10.6 Å². The maximum absolute atomic E-state index is 12.5. The zero-order valence-electron chi connectivity index (χ0n) is 15.3. The topological polar surface area (TPSA) is 88.9 Å². The number of hydrogen-bond donors (Lipinski definition) is 2. The number of carbonyl (C=O) groups excluding carboxylic acids is 2. The molecule has 2 heterocycles. The molecular formula is C22H17N5O2. The van der Waals surface area contributed by atoms with Gasteiger partial charge in [0.05, 0.1) is 11.3 Å². The zero-order chi connectivity index (χ0) is 20.1. The summed E-state index contributed by atoms with van der Waals surface area (Å²) in [7, 11) is 0. The summed E-state index contributed by atoms with van der Waals surface area (Å²) in [5.74, 6) is -0.612. The van der Waals surface area contributed by atoms with Gasteiger partial charge in [0.2, 0.25) is 0 Å². The van der Waals surface area contributed by atoms with Crippen LogP contribution in [0.25, 0.3) is 5.69 Å². The van der Waals surface area contributed by atoms with Gasteiger partial charge in [-0.05, 0) is 48.5 Å². The lowest BCUT2D eigenvalue weighted by molar-refractivity contribution is 0.101. The molecule has 0 unspecified atom stereocenters. The smallest absolute Gasteiger partial charge is 0.276 e. The van der Waals surface area contributed by atoms with Crippen LogP contribution in [0.1, 0.15) is 20.8 Å². The quantitative estimate of drug-likeness (QED) is 0.549. The number of para-hydroxylation sites is 1. The van der Waals surface area contributed by atoms with Gasteiger partial charge in [-0.15, -0.1) is 0 Å². The number of amides is 2. The summed E-state index contributed by atoms with van der Waals surface area (Å²) >= 11 is 0. The summed E-state index contributed by atoms with van der Waals surface area (Å²) in [5.41, 5.74) is 2.72. The van der Waals surface area contributed by atoms with Gasteiger partial charge in [0.25, 0.3) is 11.8 Å². The molecule has 0 aliphatic carbocycles. The van der Waals surface area contributed by atoms with Gasteiger partial charge in [-0.1, -0.05) is 24.3 Å². The van der Waals surface area contributed by atoms with Gasteiger partial charge in [-0.3, -0.25) is 14.6 Å². The Balaban J connectivity index is 1.45. The maximum Gasteiger partial charge on any atom is 0.276 e. The number of aromatic nitrogens is 3. The van der Waals surface area contributed by atoms with Gasteiger partial charge >= 0.3 is 0 Å². The Hall–Kier alpha value is -4.26. The van der Waals surface area contributed by atoms with Gasteiger partial charge in [-0.2, -0.15) is 5.10 Å². The number of benzene rings is 2. The predicted octanol–water partition coefficient (Wildman–Crippen LogP) is 3.77. The van der Waals surface area contributed by atoms with E-state index in [0.29, 0.717) is 22.6 Å². The Bertz CT molecular complexity index is 1140. The van der Waals surface area contributed by atoms with Crippen LogP contribution in [0.15, 0.2) is 91.4 Å². The molecule has 142 valence electrons. The summed E-state index contributed by atoms with van der Waals surface area (Å²) in [4.78, 5) is 28.7. The van der Waals surface area contributed by atoms with Crippen LogP contribution in [0.3, 0.4) is 0 Å². The zero-order valence-corrected chi connectivity index (χ0v) is 15.3. The van der Waals surface area contributed by atoms with Crippen LogP contribution in [-0.4, -0.2) is 26.6 Å². The monoisotopic (exact) mass is 383 g/mol. The molecule has 2 amide bonds. The number of nitrogens with one attached hydrogen (secondary N) is 2. The van der Waals surface area contributed by atoms with Gasteiger partial charge in [0.15, 0.2) is 5.69 Å². The summed E-state index contributed by atoms with van der Waals surface area (Å²) in [5, 5.41) is 9.90. The normalized spacial score (nSPS) is 10.3. The molecule has 0 bridgehead atoms. The molecule has 4 aromatic rings. The number of carbonyl (C=O) groups is 2. The molecular weight excluding hydrogens is 366 g/mol. The first kappa shape index (κ1) is 18.1. The second kappa shape index (κ2) is 8.18. The average molecular weight is 383 g/mol. The Morgan fingerprint density at radius 3 is 2.28 bits per heavy atom. The van der Waals surface area contributed by atoms with E-state index in [9.17, 15) is 9.59 Å². The predicted molar refractivity (Wildman–Crippen MR) is 110 cm³/mol. The molecule has 0 fully saturated rings. The number of hydrogen-bond acceptors (Lipinski definition) is 4. The van der Waals surface area contributed by atoms with Crippen LogP contribution < -0.4 is 10.6 Å². The van der Waals surface area contributed by atoms with Gasteiger partial charge in [0, 0.05) is 30.0 Å². The molecule has 0 atom stereocenters. The van der Waals surface area contributed by atoms with Crippen LogP contribution in [0, 0.1) is 0 Å². The second-order valence-corrected chi connectivity index (χ2v) is 6.21. The van der Waals surface area contributed by atoms with Crippen molar-refractivity contribution in [1.82, 2.24) is 14.8 Å². The van der Waals surface area contributed by atoms with Crippen molar-refractivity contribution in [3.63, 3.8) is 0 Å². The minimum Gasteiger partial charge on any atom is -0.322 e. The van der Waals surface area contributed by atoms with Crippen molar-refractivity contribution in [3.8, 4) is 5.69 Å². The number of nitrogens with zero attached hydrogens (tertiary/aromatic N) is 3. The molecule has 0 saturated carbocycles. The Labute approximate surface area is 167 Å². The Kier molecular flexibility index (Phi) is 5.11. The van der Waals surface area contributed by atoms with Crippen LogP contribution in [0.4, 0.5) is 11.4 Å². The van der Waals surface area contributed by atoms with Crippen molar-refractivity contribution in [2.45, 2.75) is 0 Å². The molecule has 0 saturated heterocycles. The lowest BCUT2D eigenvalue weighted by Crippen LogP contribution is -2.14. The fraction of sp³-hybridized carbons (Fsp3) is 0. The van der Waals surface area contributed by atoms with Crippen LogP contribution in [0.2, 0.25) is 0 Å². The third-order valence-corrected chi connectivity index (χ3v) is 4.14. The summed E-state index contributed by atoms with van der Waals surface area (Å²) < 4.78 is 1.64. The first-order chi connectivity index (χ1) is 14.2. The standard InChI is InChI=1S/C22H17N5O2/c28-21(16-6-5-12-23-15-16)24-17-7-4-8-18(14-17)25-22(29)20-11-13-27(26-20)19-9-2-1-3-10-19/h1-15H,(H,24,28)(H,25,29). The number of rotatable bonds is 5. The molecule has 0 radical (unpaired) electrons. The summed E-state index contributed by atoms with van der Waals surface area (Å²) in [6.45, 7) is 0. The molecule has 0 aliphatic heterocycles. The van der Waals surface area contributed by atoms with Crippen molar-refractivity contribution in [2.24, 2.45) is 0 Å². The molecule has 2 aromatic carbocycles. The number of pyridine rings is 1. The lowest BCUT2D eigenvalue weighted by atomic mass is 10.2. The molecule has 29 heavy (non-hydrogen) atoms. The Morgan fingerprint density at radius 2 is 1.55 bits per heavy atom. The number of anilines is 2. The fourth-order valence-corrected chi connectivity index (χ4v) is 2.74. The molecule has 7 heteroatoms. The van der Waals surface area contributed by atoms with E-state index in [1.807, 2.05) is 30.3 Å². The van der Waals surface area contributed by atoms with E-state index in [1.54, 1.807) is 59.5 Å². The summed E-state index contributed by atoms with van der Waals surface area (Å²) in [6.07, 6.45) is 4.82. The highest BCUT2D eigenvalue weighted by molar-refractivity contribution is 6.05. The first-order valence-electron chi connectivity index (χ1n) is 8.93. The third kappa shape index (κ3) is 4.36. The van der Waals surface area contributed by atoms with E-state index >= 15 is 0 Å². The van der Waals surface area contributed by atoms with Crippen molar-refractivity contribution in [3.05, 3.63) is 103 Å². The molecule has 2 aromatic heterocycles. The lowest BCUT2D eigenvalue weighted by Gasteiger charge is -2.08. The highest BCUT2D eigenvalue weighted by Gasteiger charge is 2.12. The van der Waals surface area contributed by atoms with Crippen molar-refractivity contribution in [2.75, 3.05) is 10.6 Å². The Morgan fingerprint density at radius 1 is 0.793 bits per heavy atom. The molecule has 4 rings (SSSR count). The SMILES string of the molecule is O=C(Nc1cccc(NC(=O)c2ccn(-c3ccccc3)n2)c1)c1cccnc1. The molecule has 0 aliphatic rings. The highest BCUT2D eigenvalue weighted by atomic mass is 16.2. The van der Waals surface area contributed by atoms with Gasteiger partial charge in [0.1, 0.15) is 0 Å². The van der Waals surface area contributed by atoms with E-state index < -0.39 is 0 Å². The highest BCUT2D eigenvalue weighted by Crippen LogP contribution is 2.17. The van der Waals surface area contributed by atoms with Crippen LogP contribution in [0.5, 0.6) is 0 Å². The van der Waals surface area contributed by atoms with E-state index in [1.165, 1.54) is 6.20 Å². The van der Waals surface area contributed by atoms with E-state index in [2.05, 4.69) is 20.7 Å². The molecule has 2 N–H and O–H groups in total. The molecule has 7 nitrogen and oxygen atoms in total. The minimum absolute atomic E-state index is 0.275.